The zero-order valence-electron chi connectivity index (χ0n) is 17.2. The molecule has 3 aromatic carbocycles. The first-order valence-corrected chi connectivity index (χ1v) is 9.94. The van der Waals surface area contributed by atoms with Crippen LogP contribution in [0.5, 0.6) is 0 Å². The largest absolute Gasteiger partial charge is 0.346 e. The van der Waals surface area contributed by atoms with Crippen molar-refractivity contribution >= 4 is 17.5 Å². The minimum atomic E-state index is -1.68. The van der Waals surface area contributed by atoms with Gasteiger partial charge >= 0.3 is 0 Å². The van der Waals surface area contributed by atoms with E-state index in [0.29, 0.717) is 6.07 Å². The van der Waals surface area contributed by atoms with Crippen molar-refractivity contribution in [2.45, 2.75) is 19.0 Å². The van der Waals surface area contributed by atoms with Crippen molar-refractivity contribution in [1.82, 2.24) is 10.6 Å². The molecule has 8 heteroatoms. The molecular weight excluding hydrogens is 419 g/mol. The molecule has 0 saturated carbocycles. The van der Waals surface area contributed by atoms with E-state index in [1.165, 1.54) is 0 Å². The van der Waals surface area contributed by atoms with Gasteiger partial charge in [-0.2, -0.15) is 0 Å². The minimum Gasteiger partial charge on any atom is -0.346 e. The minimum absolute atomic E-state index is 0.261. The van der Waals surface area contributed by atoms with Gasteiger partial charge in [-0.3, -0.25) is 14.9 Å². The lowest BCUT2D eigenvalue weighted by atomic mass is 9.98. The third-order valence-electron chi connectivity index (χ3n) is 4.81. The van der Waals surface area contributed by atoms with Gasteiger partial charge in [0.05, 0.1) is 24.3 Å². The maximum absolute atomic E-state index is 13.7. The van der Waals surface area contributed by atoms with E-state index in [1.807, 2.05) is 60.7 Å². The predicted octanol–water partition coefficient (Wildman–Crippen LogP) is 3.93. The van der Waals surface area contributed by atoms with Crippen LogP contribution in [-0.2, 0) is 9.59 Å². The molecule has 32 heavy (non-hydrogen) atoms. The van der Waals surface area contributed by atoms with Gasteiger partial charge in [0, 0.05) is 0 Å². The van der Waals surface area contributed by atoms with Crippen LogP contribution in [-0.4, -0.2) is 24.4 Å². The summed E-state index contributed by atoms with van der Waals surface area (Å²) in [5.41, 5.74) is 1.41. The SMILES string of the molecule is CC(NC(c1ccccc1)c1ccccc1)C(=O)NCC(=O)Nc1ccc(F)c(F)c1F. The number of benzene rings is 3. The summed E-state index contributed by atoms with van der Waals surface area (Å²) >= 11 is 0. The average molecular weight is 441 g/mol. The van der Waals surface area contributed by atoms with Gasteiger partial charge in [-0.1, -0.05) is 60.7 Å². The number of anilines is 1. The second-order valence-corrected chi connectivity index (χ2v) is 7.13. The molecule has 166 valence electrons. The molecule has 0 aliphatic carbocycles. The monoisotopic (exact) mass is 441 g/mol. The lowest BCUT2D eigenvalue weighted by Crippen LogP contribution is -2.46. The Hall–Kier alpha value is -3.65. The van der Waals surface area contributed by atoms with Gasteiger partial charge in [-0.05, 0) is 30.2 Å². The van der Waals surface area contributed by atoms with E-state index < -0.39 is 47.5 Å². The molecule has 3 aromatic rings. The van der Waals surface area contributed by atoms with Gasteiger partial charge in [0.25, 0.3) is 0 Å². The van der Waals surface area contributed by atoms with E-state index in [2.05, 4.69) is 16.0 Å². The zero-order valence-corrected chi connectivity index (χ0v) is 17.2. The molecule has 0 aliphatic rings. The van der Waals surface area contributed by atoms with Crippen LogP contribution in [0.25, 0.3) is 0 Å². The van der Waals surface area contributed by atoms with E-state index in [4.69, 9.17) is 0 Å². The van der Waals surface area contributed by atoms with Crippen LogP contribution in [0.2, 0.25) is 0 Å². The summed E-state index contributed by atoms with van der Waals surface area (Å²) in [5.74, 6) is -5.79. The smallest absolute Gasteiger partial charge is 0.243 e. The van der Waals surface area contributed by atoms with Crippen molar-refractivity contribution in [1.29, 1.82) is 0 Å². The summed E-state index contributed by atoms with van der Waals surface area (Å²) in [4.78, 5) is 24.6. The molecule has 1 atom stereocenters. The van der Waals surface area contributed by atoms with Gasteiger partial charge in [0.2, 0.25) is 11.8 Å². The highest BCUT2D eigenvalue weighted by Gasteiger charge is 2.21. The Kier molecular flexibility index (Phi) is 7.62. The highest BCUT2D eigenvalue weighted by atomic mass is 19.2. The van der Waals surface area contributed by atoms with Crippen molar-refractivity contribution in [2.75, 3.05) is 11.9 Å². The molecule has 0 heterocycles. The Balaban J connectivity index is 1.61. The highest BCUT2D eigenvalue weighted by Crippen LogP contribution is 2.22. The van der Waals surface area contributed by atoms with E-state index in [0.717, 1.165) is 17.2 Å². The number of amides is 2. The Morgan fingerprint density at radius 3 is 1.94 bits per heavy atom. The number of halogens is 3. The van der Waals surface area contributed by atoms with E-state index in [-0.39, 0.29) is 6.04 Å². The van der Waals surface area contributed by atoms with E-state index >= 15 is 0 Å². The Bertz CT molecular complexity index is 1040. The second kappa shape index (κ2) is 10.6. The number of carbonyl (C=O) groups excluding carboxylic acids is 2. The predicted molar refractivity (Wildman–Crippen MR) is 115 cm³/mol. The standard InChI is InChI=1S/C24H22F3N3O2/c1-15(29-23(16-8-4-2-5-9-16)17-10-6-3-7-11-17)24(32)28-14-20(31)30-19-13-12-18(25)21(26)22(19)27/h2-13,15,23,29H,14H2,1H3,(H,28,32)(H,30,31). The summed E-state index contributed by atoms with van der Waals surface area (Å²) in [5, 5.41) is 7.81. The fraction of sp³-hybridized carbons (Fsp3) is 0.167. The molecular formula is C24H22F3N3O2. The molecule has 1 unspecified atom stereocenters. The molecule has 0 saturated heterocycles. The summed E-state index contributed by atoms with van der Waals surface area (Å²) in [6.07, 6.45) is 0. The summed E-state index contributed by atoms with van der Waals surface area (Å²) in [6.45, 7) is 1.19. The van der Waals surface area contributed by atoms with Crippen molar-refractivity contribution in [3.8, 4) is 0 Å². The maximum Gasteiger partial charge on any atom is 0.243 e. The number of hydrogen-bond donors (Lipinski definition) is 3. The van der Waals surface area contributed by atoms with Crippen molar-refractivity contribution in [3.05, 3.63) is 101 Å². The van der Waals surface area contributed by atoms with Gasteiger partial charge in [0.15, 0.2) is 17.5 Å². The summed E-state index contributed by atoms with van der Waals surface area (Å²) in [7, 11) is 0. The average Bonchev–Trinajstić information content (AvgIpc) is 2.82. The zero-order chi connectivity index (χ0) is 23.1. The van der Waals surface area contributed by atoms with Gasteiger partial charge < -0.3 is 10.6 Å². The normalized spacial score (nSPS) is 11.8. The third kappa shape index (κ3) is 5.73. The number of rotatable bonds is 8. The van der Waals surface area contributed by atoms with Crippen molar-refractivity contribution in [3.63, 3.8) is 0 Å². The first kappa shape index (κ1) is 23.0. The summed E-state index contributed by atoms with van der Waals surface area (Å²) < 4.78 is 40.0. The maximum atomic E-state index is 13.7. The second-order valence-electron chi connectivity index (χ2n) is 7.13. The van der Waals surface area contributed by atoms with Crippen LogP contribution in [0.1, 0.15) is 24.1 Å². The van der Waals surface area contributed by atoms with Crippen molar-refractivity contribution in [2.24, 2.45) is 0 Å². The summed E-state index contributed by atoms with van der Waals surface area (Å²) in [6, 6.07) is 19.9. The molecule has 3 N–H and O–H groups in total. The van der Waals surface area contributed by atoms with E-state index in [1.54, 1.807) is 6.92 Å². The van der Waals surface area contributed by atoms with Crippen molar-refractivity contribution < 1.29 is 22.8 Å². The van der Waals surface area contributed by atoms with Gasteiger partial charge in [-0.25, -0.2) is 13.2 Å². The molecule has 0 aliphatic heterocycles. The van der Waals surface area contributed by atoms with Crippen LogP contribution >= 0.6 is 0 Å². The molecule has 0 fully saturated rings. The van der Waals surface area contributed by atoms with Gasteiger partial charge in [-0.15, -0.1) is 0 Å². The molecule has 0 aromatic heterocycles. The fourth-order valence-electron chi connectivity index (χ4n) is 3.14. The lowest BCUT2D eigenvalue weighted by Gasteiger charge is -2.24. The molecule has 0 bridgehead atoms. The number of carbonyl (C=O) groups is 2. The Labute approximate surface area is 183 Å². The first-order valence-electron chi connectivity index (χ1n) is 9.94. The van der Waals surface area contributed by atoms with Crippen LogP contribution in [0.3, 0.4) is 0 Å². The Morgan fingerprint density at radius 2 is 1.38 bits per heavy atom. The molecule has 0 spiro atoms. The van der Waals surface area contributed by atoms with Crippen LogP contribution in [0.4, 0.5) is 18.9 Å². The topological polar surface area (TPSA) is 70.2 Å². The quantitative estimate of drug-likeness (QED) is 0.464. The molecule has 3 rings (SSSR count). The van der Waals surface area contributed by atoms with Crippen LogP contribution < -0.4 is 16.0 Å². The van der Waals surface area contributed by atoms with Crippen LogP contribution in [0.15, 0.2) is 72.8 Å². The first-order chi connectivity index (χ1) is 15.4. The molecule has 2 amide bonds. The lowest BCUT2D eigenvalue weighted by molar-refractivity contribution is -0.125. The number of hydrogen-bond acceptors (Lipinski definition) is 3. The molecule has 0 radical (unpaired) electrons. The number of nitrogens with one attached hydrogen (secondary N) is 3. The molecule has 5 nitrogen and oxygen atoms in total. The van der Waals surface area contributed by atoms with E-state index in [9.17, 15) is 22.8 Å². The highest BCUT2D eigenvalue weighted by molar-refractivity contribution is 5.95. The fourth-order valence-corrected chi connectivity index (χ4v) is 3.14. The third-order valence-corrected chi connectivity index (χ3v) is 4.81. The van der Waals surface area contributed by atoms with Crippen LogP contribution in [0, 0.1) is 17.5 Å². The van der Waals surface area contributed by atoms with Gasteiger partial charge in [0.1, 0.15) is 0 Å². The Morgan fingerprint density at radius 1 is 0.812 bits per heavy atom.